The number of piperidine rings is 1. The molecule has 0 aromatic carbocycles. The van der Waals surface area contributed by atoms with E-state index in [-0.39, 0.29) is 23.9 Å². The van der Waals surface area contributed by atoms with Crippen LogP contribution in [0.25, 0.3) is 0 Å². The molecule has 2 fully saturated rings. The zero-order valence-electron chi connectivity index (χ0n) is 12.3. The second kappa shape index (κ2) is 7.04. The molecule has 2 N–H and O–H groups in total. The molecule has 2 aliphatic rings. The molecule has 0 spiro atoms. The molecule has 8 heteroatoms. The maximum atomic E-state index is 12.1. The third kappa shape index (κ3) is 4.38. The summed E-state index contributed by atoms with van der Waals surface area (Å²) in [5.41, 5.74) is 0. The Hall–Kier alpha value is -0.700. The van der Waals surface area contributed by atoms with Crippen molar-refractivity contribution in [3.05, 3.63) is 0 Å². The Balaban J connectivity index is 1.76. The number of aliphatic hydroxyl groups excluding tert-OH is 1. The molecule has 0 atom stereocenters. The molecule has 0 radical (unpaired) electrons. The minimum Gasteiger partial charge on any atom is -0.466 e. The van der Waals surface area contributed by atoms with Gasteiger partial charge >= 0.3 is 5.97 Å². The van der Waals surface area contributed by atoms with E-state index in [2.05, 4.69) is 4.72 Å². The summed E-state index contributed by atoms with van der Waals surface area (Å²) in [7, 11) is -3.48. The average Bonchev–Trinajstić information content (AvgIpc) is 2.43. The van der Waals surface area contributed by atoms with E-state index in [1.807, 2.05) is 0 Å². The van der Waals surface area contributed by atoms with E-state index < -0.39 is 10.2 Å². The molecule has 1 saturated carbocycles. The highest BCUT2D eigenvalue weighted by atomic mass is 32.2. The van der Waals surface area contributed by atoms with Crippen molar-refractivity contribution in [2.24, 2.45) is 11.8 Å². The fourth-order valence-corrected chi connectivity index (χ4v) is 4.09. The van der Waals surface area contributed by atoms with Crippen molar-refractivity contribution >= 4 is 16.2 Å². The molecule has 1 heterocycles. The van der Waals surface area contributed by atoms with Crippen LogP contribution in [0.4, 0.5) is 0 Å². The quantitative estimate of drug-likeness (QED) is 0.665. The monoisotopic (exact) mass is 320 g/mol. The Labute approximate surface area is 125 Å². The molecular weight excluding hydrogens is 296 g/mol. The van der Waals surface area contributed by atoms with Gasteiger partial charge in [0.05, 0.1) is 18.6 Å². The van der Waals surface area contributed by atoms with Gasteiger partial charge in [-0.05, 0) is 38.5 Å². The van der Waals surface area contributed by atoms with Crippen LogP contribution in [-0.4, -0.2) is 56.1 Å². The fraction of sp³-hybridized carbons (Fsp3) is 0.923. The van der Waals surface area contributed by atoms with Crippen LogP contribution in [0.15, 0.2) is 0 Å². The van der Waals surface area contributed by atoms with Crippen LogP contribution in [0.3, 0.4) is 0 Å². The minimum atomic E-state index is -3.48. The van der Waals surface area contributed by atoms with Crippen LogP contribution >= 0.6 is 0 Å². The lowest BCUT2D eigenvalue weighted by molar-refractivity contribution is -0.149. The summed E-state index contributed by atoms with van der Waals surface area (Å²) >= 11 is 0. The molecule has 1 aliphatic heterocycles. The summed E-state index contributed by atoms with van der Waals surface area (Å²) in [6.45, 7) is 3.17. The maximum absolute atomic E-state index is 12.1. The van der Waals surface area contributed by atoms with Crippen molar-refractivity contribution in [2.45, 2.75) is 38.7 Å². The number of carbonyl (C=O) groups excluding carboxylic acids is 1. The van der Waals surface area contributed by atoms with E-state index >= 15 is 0 Å². The number of esters is 1. The normalized spacial score (nSPS) is 28.1. The first kappa shape index (κ1) is 16.7. The number of aliphatic hydroxyl groups is 1. The molecule has 2 rings (SSSR count). The van der Waals surface area contributed by atoms with E-state index in [0.717, 1.165) is 0 Å². The van der Waals surface area contributed by atoms with Crippen molar-refractivity contribution in [3.63, 3.8) is 0 Å². The number of hydrogen-bond acceptors (Lipinski definition) is 5. The number of nitrogens with one attached hydrogen (secondary N) is 1. The third-order valence-electron chi connectivity index (χ3n) is 4.18. The summed E-state index contributed by atoms with van der Waals surface area (Å²) < 4.78 is 33.2. The second-order valence-corrected chi connectivity index (χ2v) is 7.53. The summed E-state index contributed by atoms with van der Waals surface area (Å²) in [5.74, 6) is -0.198. The molecule has 1 saturated heterocycles. The lowest BCUT2D eigenvalue weighted by atomic mass is 9.83. The van der Waals surface area contributed by atoms with Gasteiger partial charge in [0.1, 0.15) is 0 Å². The highest BCUT2D eigenvalue weighted by molar-refractivity contribution is 7.87. The van der Waals surface area contributed by atoms with Crippen molar-refractivity contribution in [2.75, 3.05) is 26.2 Å². The van der Waals surface area contributed by atoms with Crippen LogP contribution in [0.5, 0.6) is 0 Å². The van der Waals surface area contributed by atoms with Gasteiger partial charge in [-0.25, -0.2) is 4.72 Å². The molecule has 0 unspecified atom stereocenters. The molecule has 122 valence electrons. The maximum Gasteiger partial charge on any atom is 0.309 e. The fourth-order valence-electron chi connectivity index (χ4n) is 2.77. The van der Waals surface area contributed by atoms with Crippen molar-refractivity contribution in [1.29, 1.82) is 0 Å². The number of rotatable bonds is 6. The standard InChI is InChI=1S/C13H24N2O5S/c1-2-20-13(17)11-3-5-15(6-4-11)21(18,19)14-9-10-7-12(16)8-10/h10-12,14,16H,2-9H2,1H3. The Morgan fingerprint density at radius 3 is 2.48 bits per heavy atom. The van der Waals surface area contributed by atoms with Gasteiger partial charge in [0.25, 0.3) is 10.2 Å². The van der Waals surface area contributed by atoms with E-state index in [0.29, 0.717) is 51.9 Å². The second-order valence-electron chi connectivity index (χ2n) is 5.77. The Morgan fingerprint density at radius 2 is 1.95 bits per heavy atom. The van der Waals surface area contributed by atoms with Crippen molar-refractivity contribution in [3.8, 4) is 0 Å². The Bertz CT molecular complexity index is 453. The molecular formula is C13H24N2O5S. The SMILES string of the molecule is CCOC(=O)C1CCN(S(=O)(=O)NCC2CC(O)C2)CC1. The van der Waals surface area contributed by atoms with Gasteiger partial charge in [0, 0.05) is 19.6 Å². The predicted octanol–water partition coefficient (Wildman–Crippen LogP) is -0.133. The molecule has 0 amide bonds. The van der Waals surface area contributed by atoms with E-state index in [1.165, 1.54) is 4.31 Å². The van der Waals surface area contributed by atoms with E-state index in [1.54, 1.807) is 6.92 Å². The van der Waals surface area contributed by atoms with Crippen molar-refractivity contribution in [1.82, 2.24) is 9.03 Å². The first-order valence-corrected chi connectivity index (χ1v) is 8.95. The lowest BCUT2D eigenvalue weighted by Gasteiger charge is -2.33. The largest absolute Gasteiger partial charge is 0.466 e. The molecule has 1 aliphatic carbocycles. The summed E-state index contributed by atoms with van der Waals surface area (Å²) in [5, 5.41) is 9.19. The number of hydrogen-bond donors (Lipinski definition) is 2. The Morgan fingerprint density at radius 1 is 1.33 bits per heavy atom. The lowest BCUT2D eigenvalue weighted by Crippen LogP contribution is -2.48. The molecule has 21 heavy (non-hydrogen) atoms. The van der Waals surface area contributed by atoms with Crippen LogP contribution in [0.1, 0.15) is 32.6 Å². The van der Waals surface area contributed by atoms with Crippen LogP contribution < -0.4 is 4.72 Å². The van der Waals surface area contributed by atoms with Gasteiger partial charge in [-0.1, -0.05) is 0 Å². The third-order valence-corrected chi connectivity index (χ3v) is 5.76. The highest BCUT2D eigenvalue weighted by Gasteiger charge is 2.33. The summed E-state index contributed by atoms with van der Waals surface area (Å²) in [4.78, 5) is 11.6. The molecule has 0 aromatic rings. The highest BCUT2D eigenvalue weighted by Crippen LogP contribution is 2.27. The van der Waals surface area contributed by atoms with E-state index in [9.17, 15) is 18.3 Å². The molecule has 0 aromatic heterocycles. The number of ether oxygens (including phenoxy) is 1. The first-order chi connectivity index (χ1) is 9.92. The van der Waals surface area contributed by atoms with Crippen LogP contribution in [-0.2, 0) is 19.7 Å². The van der Waals surface area contributed by atoms with Crippen molar-refractivity contribution < 1.29 is 23.1 Å². The molecule has 7 nitrogen and oxygen atoms in total. The Kier molecular flexibility index (Phi) is 5.59. The predicted molar refractivity (Wildman–Crippen MR) is 76.6 cm³/mol. The smallest absolute Gasteiger partial charge is 0.309 e. The van der Waals surface area contributed by atoms with E-state index in [4.69, 9.17) is 4.74 Å². The van der Waals surface area contributed by atoms with Gasteiger partial charge in [0.2, 0.25) is 0 Å². The molecule has 0 bridgehead atoms. The summed E-state index contributed by atoms with van der Waals surface area (Å²) in [6.07, 6.45) is 2.05. The van der Waals surface area contributed by atoms with Gasteiger partial charge in [-0.15, -0.1) is 0 Å². The summed E-state index contributed by atoms with van der Waals surface area (Å²) in [6, 6.07) is 0. The topological polar surface area (TPSA) is 95.9 Å². The zero-order valence-corrected chi connectivity index (χ0v) is 13.1. The van der Waals surface area contributed by atoms with Crippen LogP contribution in [0.2, 0.25) is 0 Å². The van der Waals surface area contributed by atoms with Gasteiger partial charge in [-0.2, -0.15) is 12.7 Å². The number of nitrogens with zero attached hydrogens (tertiary/aromatic N) is 1. The van der Waals surface area contributed by atoms with Crippen LogP contribution in [0, 0.1) is 11.8 Å². The zero-order chi connectivity index (χ0) is 15.5. The first-order valence-electron chi connectivity index (χ1n) is 7.51. The minimum absolute atomic E-state index is 0.196. The number of carbonyl (C=O) groups is 1. The average molecular weight is 320 g/mol. The van der Waals surface area contributed by atoms with Gasteiger partial charge < -0.3 is 9.84 Å². The van der Waals surface area contributed by atoms with Gasteiger partial charge in [-0.3, -0.25) is 4.79 Å². The van der Waals surface area contributed by atoms with Gasteiger partial charge in [0.15, 0.2) is 0 Å².